The predicted molar refractivity (Wildman–Crippen MR) is 97.1 cm³/mol. The summed E-state index contributed by atoms with van der Waals surface area (Å²) >= 11 is 0. The Balaban J connectivity index is 2.57. The Morgan fingerprint density at radius 1 is 0.739 bits per heavy atom. The quantitative estimate of drug-likeness (QED) is 0.644. The van der Waals surface area contributed by atoms with Crippen LogP contribution in [-0.2, 0) is 6.42 Å². The van der Waals surface area contributed by atoms with E-state index in [2.05, 4.69) is 10.6 Å². The molecule has 0 bridgehead atoms. The van der Waals surface area contributed by atoms with Gasteiger partial charge in [0, 0.05) is 14.1 Å². The number of benzene rings is 2. The van der Waals surface area contributed by atoms with Gasteiger partial charge in [-0.15, -0.1) is 0 Å². The standard InChI is InChI=1S/C19H26N2O2/c1-10-7-14(12(3)16(20-5)18(10)22)9-15-8-11(2)19(23)17(21-6)13(15)4/h7-8,20-23H,9H2,1-6H3. The molecule has 0 saturated carbocycles. The number of hydrogen-bond donors (Lipinski definition) is 4. The Kier molecular flexibility index (Phi) is 4.73. The van der Waals surface area contributed by atoms with Crippen molar-refractivity contribution in [1.82, 2.24) is 0 Å². The molecule has 2 aromatic rings. The van der Waals surface area contributed by atoms with Gasteiger partial charge in [0.1, 0.15) is 11.5 Å². The molecule has 0 amide bonds. The molecule has 0 fully saturated rings. The molecule has 0 aliphatic rings. The van der Waals surface area contributed by atoms with Crippen molar-refractivity contribution < 1.29 is 10.2 Å². The number of nitrogens with one attached hydrogen (secondary N) is 2. The first kappa shape index (κ1) is 17.0. The van der Waals surface area contributed by atoms with Gasteiger partial charge in [0.25, 0.3) is 0 Å². The molecule has 4 nitrogen and oxygen atoms in total. The molecule has 124 valence electrons. The van der Waals surface area contributed by atoms with E-state index in [4.69, 9.17) is 0 Å². The molecule has 0 atom stereocenters. The first-order chi connectivity index (χ1) is 10.8. The van der Waals surface area contributed by atoms with Crippen LogP contribution >= 0.6 is 0 Å². The van der Waals surface area contributed by atoms with Gasteiger partial charge < -0.3 is 20.8 Å². The van der Waals surface area contributed by atoms with E-state index in [1.165, 1.54) is 11.1 Å². The van der Waals surface area contributed by atoms with Crippen molar-refractivity contribution in [2.24, 2.45) is 0 Å². The Morgan fingerprint density at radius 2 is 1.09 bits per heavy atom. The maximum atomic E-state index is 10.2. The van der Waals surface area contributed by atoms with Gasteiger partial charge in [-0.05, 0) is 67.5 Å². The molecule has 0 unspecified atom stereocenters. The van der Waals surface area contributed by atoms with E-state index in [0.717, 1.165) is 40.0 Å². The highest BCUT2D eigenvalue weighted by Gasteiger charge is 2.16. The number of rotatable bonds is 4. The van der Waals surface area contributed by atoms with Gasteiger partial charge in [-0.1, -0.05) is 12.1 Å². The Bertz CT molecular complexity index is 689. The van der Waals surface area contributed by atoms with Crippen LogP contribution in [0.15, 0.2) is 12.1 Å². The zero-order valence-corrected chi connectivity index (χ0v) is 14.8. The molecule has 4 N–H and O–H groups in total. The van der Waals surface area contributed by atoms with Crippen LogP contribution in [0, 0.1) is 27.7 Å². The number of aryl methyl sites for hydroxylation is 2. The highest BCUT2D eigenvalue weighted by molar-refractivity contribution is 5.69. The maximum absolute atomic E-state index is 10.2. The summed E-state index contributed by atoms with van der Waals surface area (Å²) in [6.07, 6.45) is 0.753. The van der Waals surface area contributed by atoms with Gasteiger partial charge in [0.2, 0.25) is 0 Å². The first-order valence-corrected chi connectivity index (χ1v) is 7.81. The van der Waals surface area contributed by atoms with E-state index in [-0.39, 0.29) is 0 Å². The normalized spacial score (nSPS) is 10.7. The van der Waals surface area contributed by atoms with Gasteiger partial charge in [-0.3, -0.25) is 0 Å². The first-order valence-electron chi connectivity index (χ1n) is 7.81. The minimum atomic E-state index is 0.309. The molecule has 0 aliphatic carbocycles. The summed E-state index contributed by atoms with van der Waals surface area (Å²) in [6.45, 7) is 7.85. The number of aromatic hydroxyl groups is 2. The third-order valence-electron chi connectivity index (χ3n) is 4.60. The molecule has 0 heterocycles. The lowest BCUT2D eigenvalue weighted by Crippen LogP contribution is -2.03. The van der Waals surface area contributed by atoms with Gasteiger partial charge in [-0.25, -0.2) is 0 Å². The van der Waals surface area contributed by atoms with Crippen LogP contribution in [0.2, 0.25) is 0 Å². The summed E-state index contributed by atoms with van der Waals surface area (Å²) in [5.74, 6) is 0.617. The Morgan fingerprint density at radius 3 is 1.39 bits per heavy atom. The summed E-state index contributed by atoms with van der Waals surface area (Å²) in [5.41, 5.74) is 7.70. The van der Waals surface area contributed by atoms with Gasteiger partial charge >= 0.3 is 0 Å². The lowest BCUT2D eigenvalue weighted by molar-refractivity contribution is 0.472. The second-order valence-electron chi connectivity index (χ2n) is 6.08. The van der Waals surface area contributed by atoms with Crippen LogP contribution in [0.3, 0.4) is 0 Å². The molecule has 2 rings (SSSR count). The van der Waals surface area contributed by atoms with Crippen LogP contribution < -0.4 is 10.6 Å². The zero-order chi connectivity index (χ0) is 17.3. The molecule has 23 heavy (non-hydrogen) atoms. The van der Waals surface area contributed by atoms with E-state index >= 15 is 0 Å². The summed E-state index contributed by atoms with van der Waals surface area (Å²) in [5, 5.41) is 26.5. The predicted octanol–water partition coefficient (Wildman–Crippen LogP) is 4.01. The van der Waals surface area contributed by atoms with Gasteiger partial charge in [-0.2, -0.15) is 0 Å². The Hall–Kier alpha value is -2.36. The average molecular weight is 314 g/mol. The zero-order valence-electron chi connectivity index (χ0n) is 14.8. The van der Waals surface area contributed by atoms with Crippen LogP contribution in [0.5, 0.6) is 11.5 Å². The minimum absolute atomic E-state index is 0.309. The van der Waals surface area contributed by atoms with Crippen molar-refractivity contribution in [3.8, 4) is 11.5 Å². The highest BCUT2D eigenvalue weighted by atomic mass is 16.3. The van der Waals surface area contributed by atoms with Crippen molar-refractivity contribution in [3.63, 3.8) is 0 Å². The lowest BCUT2D eigenvalue weighted by Gasteiger charge is -2.19. The second-order valence-corrected chi connectivity index (χ2v) is 6.08. The van der Waals surface area contributed by atoms with E-state index in [0.29, 0.717) is 11.5 Å². The number of phenols is 2. The topological polar surface area (TPSA) is 64.5 Å². The molecule has 2 aromatic carbocycles. The third-order valence-corrected chi connectivity index (χ3v) is 4.60. The fourth-order valence-electron chi connectivity index (χ4n) is 3.13. The van der Waals surface area contributed by atoms with Crippen molar-refractivity contribution in [2.45, 2.75) is 34.1 Å². The number of phenolic OH excluding ortho intramolecular Hbond substituents is 2. The molecule has 0 spiro atoms. The number of anilines is 2. The summed E-state index contributed by atoms with van der Waals surface area (Å²) in [7, 11) is 3.64. The smallest absolute Gasteiger partial charge is 0.141 e. The van der Waals surface area contributed by atoms with Crippen molar-refractivity contribution >= 4 is 11.4 Å². The van der Waals surface area contributed by atoms with Crippen LogP contribution in [0.25, 0.3) is 0 Å². The van der Waals surface area contributed by atoms with Crippen LogP contribution in [-0.4, -0.2) is 24.3 Å². The SMILES string of the molecule is CNc1c(C)c(Cc2cc(C)c(O)c(NC)c2C)cc(C)c1O. The lowest BCUT2D eigenvalue weighted by atomic mass is 9.92. The average Bonchev–Trinajstić information content (AvgIpc) is 2.51. The highest BCUT2D eigenvalue weighted by Crippen LogP contribution is 2.37. The van der Waals surface area contributed by atoms with Gasteiger partial charge in [0.15, 0.2) is 0 Å². The third kappa shape index (κ3) is 2.93. The summed E-state index contributed by atoms with van der Waals surface area (Å²) < 4.78 is 0. The molecule has 4 heteroatoms. The number of hydrogen-bond acceptors (Lipinski definition) is 4. The van der Waals surface area contributed by atoms with Crippen LogP contribution in [0.1, 0.15) is 33.4 Å². The molecule has 0 saturated heterocycles. The largest absolute Gasteiger partial charge is 0.505 e. The maximum Gasteiger partial charge on any atom is 0.141 e. The van der Waals surface area contributed by atoms with Crippen molar-refractivity contribution in [2.75, 3.05) is 24.7 Å². The van der Waals surface area contributed by atoms with Crippen LogP contribution in [0.4, 0.5) is 11.4 Å². The minimum Gasteiger partial charge on any atom is -0.505 e. The fraction of sp³-hybridized carbons (Fsp3) is 0.368. The van der Waals surface area contributed by atoms with E-state index in [9.17, 15) is 10.2 Å². The van der Waals surface area contributed by atoms with E-state index < -0.39 is 0 Å². The molecular formula is C19H26N2O2. The molecule has 0 radical (unpaired) electrons. The molecular weight excluding hydrogens is 288 g/mol. The summed E-state index contributed by atoms with van der Waals surface area (Å²) in [6, 6.07) is 4.07. The second kappa shape index (κ2) is 6.41. The summed E-state index contributed by atoms with van der Waals surface area (Å²) in [4.78, 5) is 0. The monoisotopic (exact) mass is 314 g/mol. The van der Waals surface area contributed by atoms with E-state index in [1.54, 1.807) is 0 Å². The fourth-order valence-corrected chi connectivity index (χ4v) is 3.13. The Labute approximate surface area is 138 Å². The van der Waals surface area contributed by atoms with Crippen molar-refractivity contribution in [3.05, 3.63) is 45.5 Å². The van der Waals surface area contributed by atoms with Crippen molar-refractivity contribution in [1.29, 1.82) is 0 Å². The van der Waals surface area contributed by atoms with Gasteiger partial charge in [0.05, 0.1) is 11.4 Å². The van der Waals surface area contributed by atoms with E-state index in [1.807, 2.05) is 53.9 Å². The molecule has 0 aromatic heterocycles. The molecule has 0 aliphatic heterocycles.